The van der Waals surface area contributed by atoms with Crippen LogP contribution < -0.4 is 10.2 Å². The molecule has 0 aromatic carbocycles. The number of carbonyl (C=O) groups is 2. The number of hydrogen-bond acceptors (Lipinski definition) is 7. The Labute approximate surface area is 498 Å². The van der Waals surface area contributed by atoms with Gasteiger partial charge < -0.3 is 28.5 Å². The number of rotatable bonds is 56. The first-order valence-electron chi connectivity index (χ1n) is 32.1. The highest BCUT2D eigenvalue weighted by molar-refractivity contribution is 7.45. The van der Waals surface area contributed by atoms with E-state index < -0.39 is 26.6 Å². The number of hydrogen-bond donors (Lipinski definition) is 1. The van der Waals surface area contributed by atoms with Crippen molar-refractivity contribution in [1.82, 2.24) is 5.32 Å². The van der Waals surface area contributed by atoms with E-state index in [1.165, 1.54) is 57.8 Å². The number of amides is 1. The summed E-state index contributed by atoms with van der Waals surface area (Å²) in [6.07, 6.45) is 85.4. The van der Waals surface area contributed by atoms with Gasteiger partial charge in [-0.05, 0) is 122 Å². The SMILES string of the molecule is CC/C=C\C/C=C\C/C=C\C/C=C\C/C=C\C/C=C\CCCCCCCCC(=O)OC(/C=C\CCCCCCCCCCCCC)C(COP(=O)([O-])OCC[N+](C)(C)C)NC(=O)CCC/C=C\C/C=C\C/C=C\C/C=C\C/C=C\CC. The van der Waals surface area contributed by atoms with Crippen LogP contribution in [0.3, 0.4) is 0 Å². The zero-order chi connectivity index (χ0) is 59.3. The highest BCUT2D eigenvalue weighted by Crippen LogP contribution is 2.38. The lowest BCUT2D eigenvalue weighted by Crippen LogP contribution is -2.47. The normalized spacial score (nSPS) is 14.6. The van der Waals surface area contributed by atoms with Crippen LogP contribution in [0.25, 0.3) is 0 Å². The molecule has 1 amide bonds. The van der Waals surface area contributed by atoms with Crippen LogP contribution in [-0.2, 0) is 27.9 Å². The minimum Gasteiger partial charge on any atom is -0.756 e. The summed E-state index contributed by atoms with van der Waals surface area (Å²) >= 11 is 0. The Hall–Kier alpha value is -4.11. The summed E-state index contributed by atoms with van der Waals surface area (Å²) in [4.78, 5) is 40.0. The number of likely N-dealkylation sites (N-methyl/N-ethyl adjacent to an activating group) is 1. The van der Waals surface area contributed by atoms with Gasteiger partial charge in [0.1, 0.15) is 19.3 Å². The average Bonchev–Trinajstić information content (AvgIpc) is 3.44. The molecule has 0 rings (SSSR count). The summed E-state index contributed by atoms with van der Waals surface area (Å²) in [5, 5.41) is 2.99. The van der Waals surface area contributed by atoms with Crippen LogP contribution in [0, 0.1) is 0 Å². The van der Waals surface area contributed by atoms with Crippen molar-refractivity contribution in [3.8, 4) is 0 Å². The molecule has 0 aliphatic carbocycles. The molecule has 0 saturated carbocycles. The van der Waals surface area contributed by atoms with E-state index >= 15 is 0 Å². The summed E-state index contributed by atoms with van der Waals surface area (Å²) < 4.78 is 30.3. The Bertz CT molecular complexity index is 1890. The molecular weight excluding hydrogens is 1020 g/mol. The lowest BCUT2D eigenvalue weighted by atomic mass is 10.0. The molecule has 0 saturated heterocycles. The minimum absolute atomic E-state index is 0.0438. The predicted octanol–water partition coefficient (Wildman–Crippen LogP) is 19.6. The number of carbonyl (C=O) groups excluding carboxylic acids is 2. The Morgan fingerprint density at radius 1 is 0.444 bits per heavy atom. The highest BCUT2D eigenvalue weighted by atomic mass is 31.2. The smallest absolute Gasteiger partial charge is 0.306 e. The van der Waals surface area contributed by atoms with Gasteiger partial charge in [-0.25, -0.2) is 0 Å². The van der Waals surface area contributed by atoms with E-state index in [1.54, 1.807) is 0 Å². The Kier molecular flexibility index (Phi) is 56.1. The van der Waals surface area contributed by atoms with Gasteiger partial charge in [-0.2, -0.15) is 0 Å². The third kappa shape index (κ3) is 60.3. The van der Waals surface area contributed by atoms with Crippen LogP contribution in [0.2, 0.25) is 0 Å². The molecule has 1 N–H and O–H groups in total. The number of phosphoric acid groups is 1. The third-order valence-electron chi connectivity index (χ3n) is 13.3. The molecule has 9 nitrogen and oxygen atoms in total. The van der Waals surface area contributed by atoms with Crippen molar-refractivity contribution in [2.75, 3.05) is 40.9 Å². The summed E-state index contributed by atoms with van der Waals surface area (Å²) in [6, 6.07) is -0.936. The largest absolute Gasteiger partial charge is 0.756 e. The van der Waals surface area contributed by atoms with Crippen LogP contribution >= 0.6 is 7.82 Å². The highest BCUT2D eigenvalue weighted by Gasteiger charge is 2.27. The van der Waals surface area contributed by atoms with Gasteiger partial charge in [0.15, 0.2) is 0 Å². The molecule has 3 unspecified atom stereocenters. The summed E-state index contributed by atoms with van der Waals surface area (Å²) in [7, 11) is 1.12. The fourth-order valence-corrected chi connectivity index (χ4v) is 9.11. The van der Waals surface area contributed by atoms with E-state index in [2.05, 4.69) is 160 Å². The summed E-state index contributed by atoms with van der Waals surface area (Å²) in [5.74, 6) is -0.637. The molecule has 0 fully saturated rings. The van der Waals surface area contributed by atoms with E-state index in [9.17, 15) is 19.0 Å². The average molecular weight is 1140 g/mol. The van der Waals surface area contributed by atoms with Crippen LogP contribution in [0.15, 0.2) is 146 Å². The summed E-state index contributed by atoms with van der Waals surface area (Å²) in [5.41, 5.74) is 0. The fourth-order valence-electron chi connectivity index (χ4n) is 8.38. The van der Waals surface area contributed by atoms with Crippen molar-refractivity contribution in [1.29, 1.82) is 0 Å². The lowest BCUT2D eigenvalue weighted by Gasteiger charge is -2.30. The maximum Gasteiger partial charge on any atom is 0.306 e. The second-order valence-electron chi connectivity index (χ2n) is 22.1. The molecule has 0 aliphatic heterocycles. The first kappa shape index (κ1) is 76.9. The standard InChI is InChI=1S/C71H119N2O7P/c1-7-10-13-16-19-22-25-28-30-32-33-34-35-36-37-38-39-41-43-46-49-52-55-58-61-64-71(75)80-69(62-59-56-53-50-47-44-27-24-21-18-15-12-9-3)68(67-79-81(76,77)78-66-65-73(4,5)6)72-70(74)63-60-57-54-51-48-45-42-40-31-29-26-23-20-17-14-11-8-2/h10-11,13-14,19-20,22-23,28-31,33-34,36-37,39,41-42,45,51,54,59,62,68-69H,7-9,12,15-18,21,24-27,32,35,38,40,43-44,46-50,52-53,55-58,60-61,63-67H2,1-6H3,(H-,72,74,76,77)/b13-10-,14-11-,22-19-,23-20-,30-28-,31-29-,34-33-,37-36-,41-39-,45-42-,54-51-,62-59-. The number of nitrogens with zero attached hydrogens (tertiary/aromatic N) is 1. The van der Waals surface area contributed by atoms with E-state index in [1.807, 2.05) is 33.3 Å². The van der Waals surface area contributed by atoms with Crippen molar-refractivity contribution < 1.29 is 37.3 Å². The minimum atomic E-state index is -4.73. The second kappa shape index (κ2) is 59.1. The zero-order valence-electron chi connectivity index (χ0n) is 52.4. The molecular formula is C71H119N2O7P. The maximum atomic E-state index is 13.5. The molecule has 460 valence electrons. The van der Waals surface area contributed by atoms with Gasteiger partial charge in [0.2, 0.25) is 5.91 Å². The first-order valence-corrected chi connectivity index (χ1v) is 33.6. The van der Waals surface area contributed by atoms with E-state index in [-0.39, 0.29) is 31.3 Å². The number of nitrogens with one attached hydrogen (secondary N) is 1. The van der Waals surface area contributed by atoms with E-state index in [0.29, 0.717) is 23.9 Å². The quantitative estimate of drug-likeness (QED) is 0.0212. The molecule has 0 aromatic heterocycles. The zero-order valence-corrected chi connectivity index (χ0v) is 53.3. The van der Waals surface area contributed by atoms with Crippen molar-refractivity contribution >= 4 is 19.7 Å². The summed E-state index contributed by atoms with van der Waals surface area (Å²) in [6.45, 7) is 6.54. The number of allylic oxidation sites excluding steroid dienone is 23. The van der Waals surface area contributed by atoms with Crippen molar-refractivity contribution in [3.05, 3.63) is 146 Å². The molecule has 3 atom stereocenters. The first-order chi connectivity index (χ1) is 39.4. The molecule has 0 heterocycles. The number of phosphoric ester groups is 1. The Morgan fingerprint density at radius 3 is 1.21 bits per heavy atom. The second-order valence-corrected chi connectivity index (χ2v) is 23.6. The number of quaternary nitrogens is 1. The molecule has 0 bridgehead atoms. The molecule has 0 aromatic rings. The topological polar surface area (TPSA) is 114 Å². The maximum absolute atomic E-state index is 13.5. The van der Waals surface area contributed by atoms with Crippen LogP contribution in [0.1, 0.15) is 239 Å². The van der Waals surface area contributed by atoms with E-state index in [0.717, 1.165) is 135 Å². The van der Waals surface area contributed by atoms with Crippen LogP contribution in [0.5, 0.6) is 0 Å². The number of unbranched alkanes of at least 4 members (excludes halogenated alkanes) is 18. The Morgan fingerprint density at radius 2 is 0.802 bits per heavy atom. The monoisotopic (exact) mass is 1140 g/mol. The number of esters is 1. The molecule has 81 heavy (non-hydrogen) atoms. The lowest BCUT2D eigenvalue weighted by molar-refractivity contribution is -0.870. The van der Waals surface area contributed by atoms with Gasteiger partial charge in [-0.1, -0.05) is 250 Å². The van der Waals surface area contributed by atoms with Gasteiger partial charge in [-0.3, -0.25) is 14.2 Å². The number of ether oxygens (including phenoxy) is 1. The predicted molar refractivity (Wildman–Crippen MR) is 348 cm³/mol. The van der Waals surface area contributed by atoms with Crippen molar-refractivity contribution in [2.45, 2.75) is 251 Å². The van der Waals surface area contributed by atoms with Gasteiger partial charge >= 0.3 is 5.97 Å². The van der Waals surface area contributed by atoms with Gasteiger partial charge in [0, 0.05) is 12.8 Å². The van der Waals surface area contributed by atoms with Crippen molar-refractivity contribution in [3.63, 3.8) is 0 Å². The third-order valence-corrected chi connectivity index (χ3v) is 14.2. The fraction of sp³-hybridized carbons (Fsp3) is 0.634. The van der Waals surface area contributed by atoms with E-state index in [4.69, 9.17) is 13.8 Å². The Balaban J connectivity index is 5.34. The van der Waals surface area contributed by atoms with Crippen LogP contribution in [0.4, 0.5) is 0 Å². The molecule has 0 radical (unpaired) electrons. The van der Waals surface area contributed by atoms with Gasteiger partial charge in [-0.15, -0.1) is 0 Å². The van der Waals surface area contributed by atoms with Gasteiger partial charge in [0.05, 0.1) is 33.8 Å². The van der Waals surface area contributed by atoms with Crippen LogP contribution in [-0.4, -0.2) is 69.4 Å². The van der Waals surface area contributed by atoms with Gasteiger partial charge in [0.25, 0.3) is 7.82 Å². The molecule has 10 heteroatoms. The van der Waals surface area contributed by atoms with Crippen molar-refractivity contribution in [2.24, 2.45) is 0 Å². The molecule has 0 spiro atoms. The molecule has 0 aliphatic rings.